The molecule has 114 valence electrons. The highest BCUT2D eigenvalue weighted by Gasteiger charge is 2.05. The van der Waals surface area contributed by atoms with Gasteiger partial charge in [-0.2, -0.15) is 5.10 Å². The predicted octanol–water partition coefficient (Wildman–Crippen LogP) is 1.93. The van der Waals surface area contributed by atoms with E-state index in [-0.39, 0.29) is 12.4 Å². The van der Waals surface area contributed by atoms with Crippen molar-refractivity contribution in [3.05, 3.63) is 54.1 Å². The highest BCUT2D eigenvalue weighted by atomic mass is 16.5. The number of methoxy groups -OCH3 is 1. The number of phenolic OH excluding ortho intramolecular Hbond substituents is 1. The van der Waals surface area contributed by atoms with Crippen molar-refractivity contribution in [2.24, 2.45) is 5.10 Å². The molecular formula is C16H16N2O4. The molecule has 2 rings (SSSR count). The quantitative estimate of drug-likeness (QED) is 0.631. The summed E-state index contributed by atoms with van der Waals surface area (Å²) in [4.78, 5) is 11.6. The summed E-state index contributed by atoms with van der Waals surface area (Å²) in [5.74, 6) is 0.771. The standard InChI is InChI=1S/C16H16N2O4/c1-21-14-7-2-3-8-15(14)22-11-16(20)18-17-10-12-5-4-6-13(19)9-12/h2-10,19H,11H2,1H3,(H,18,20)/b17-10-. The number of nitrogens with one attached hydrogen (secondary N) is 1. The molecule has 6 heteroatoms. The second-order valence-corrected chi connectivity index (χ2v) is 4.33. The normalized spacial score (nSPS) is 10.4. The monoisotopic (exact) mass is 300 g/mol. The Hall–Kier alpha value is -3.02. The van der Waals surface area contributed by atoms with E-state index in [9.17, 15) is 9.90 Å². The van der Waals surface area contributed by atoms with Crippen molar-refractivity contribution in [1.82, 2.24) is 5.43 Å². The predicted molar refractivity (Wildman–Crippen MR) is 82.3 cm³/mol. The van der Waals surface area contributed by atoms with Crippen LogP contribution in [0.2, 0.25) is 0 Å². The summed E-state index contributed by atoms with van der Waals surface area (Å²) in [7, 11) is 1.53. The Labute approximate surface area is 128 Å². The molecule has 0 atom stereocenters. The number of hydrazone groups is 1. The highest BCUT2D eigenvalue weighted by molar-refractivity contribution is 5.83. The molecule has 1 amide bonds. The van der Waals surface area contributed by atoms with E-state index in [1.165, 1.54) is 19.4 Å². The van der Waals surface area contributed by atoms with E-state index in [1.54, 1.807) is 36.4 Å². The molecule has 0 aliphatic carbocycles. The summed E-state index contributed by atoms with van der Waals surface area (Å²) >= 11 is 0. The van der Waals surface area contributed by atoms with Crippen LogP contribution in [0.15, 0.2) is 53.6 Å². The van der Waals surface area contributed by atoms with Crippen LogP contribution < -0.4 is 14.9 Å². The SMILES string of the molecule is COc1ccccc1OCC(=O)N/N=C\c1cccc(O)c1. The molecule has 0 bridgehead atoms. The van der Waals surface area contributed by atoms with Gasteiger partial charge in [-0.1, -0.05) is 24.3 Å². The maximum atomic E-state index is 11.6. The van der Waals surface area contributed by atoms with Gasteiger partial charge in [-0.05, 0) is 29.8 Å². The minimum atomic E-state index is -0.401. The molecule has 0 radical (unpaired) electrons. The van der Waals surface area contributed by atoms with E-state index in [0.29, 0.717) is 17.1 Å². The topological polar surface area (TPSA) is 80.2 Å². The first-order valence-electron chi connectivity index (χ1n) is 6.56. The molecule has 0 aliphatic rings. The number of nitrogens with zero attached hydrogens (tertiary/aromatic N) is 1. The number of amides is 1. The molecular weight excluding hydrogens is 284 g/mol. The highest BCUT2D eigenvalue weighted by Crippen LogP contribution is 2.25. The summed E-state index contributed by atoms with van der Waals surface area (Å²) < 4.78 is 10.5. The van der Waals surface area contributed by atoms with Crippen LogP contribution in [0, 0.1) is 0 Å². The van der Waals surface area contributed by atoms with Gasteiger partial charge < -0.3 is 14.6 Å². The van der Waals surface area contributed by atoms with E-state index in [4.69, 9.17) is 9.47 Å². The fourth-order valence-electron chi connectivity index (χ4n) is 1.70. The number of carbonyl (C=O) groups is 1. The van der Waals surface area contributed by atoms with Crippen molar-refractivity contribution < 1.29 is 19.4 Å². The molecule has 0 fully saturated rings. The van der Waals surface area contributed by atoms with Crippen LogP contribution in [-0.4, -0.2) is 30.9 Å². The van der Waals surface area contributed by atoms with Gasteiger partial charge in [0.05, 0.1) is 13.3 Å². The Morgan fingerprint density at radius 3 is 2.73 bits per heavy atom. The van der Waals surface area contributed by atoms with Crippen molar-refractivity contribution >= 4 is 12.1 Å². The molecule has 6 nitrogen and oxygen atoms in total. The van der Waals surface area contributed by atoms with Gasteiger partial charge in [-0.15, -0.1) is 0 Å². The number of rotatable bonds is 6. The lowest BCUT2D eigenvalue weighted by Gasteiger charge is -2.09. The molecule has 0 saturated carbocycles. The first kappa shape index (κ1) is 15.4. The number of ether oxygens (including phenoxy) is 2. The van der Waals surface area contributed by atoms with Crippen molar-refractivity contribution in [2.75, 3.05) is 13.7 Å². The van der Waals surface area contributed by atoms with Crippen LogP contribution in [-0.2, 0) is 4.79 Å². The molecule has 2 aromatic carbocycles. The molecule has 0 saturated heterocycles. The summed E-state index contributed by atoms with van der Waals surface area (Å²) in [6.45, 7) is -0.183. The largest absolute Gasteiger partial charge is 0.508 e. The zero-order valence-electron chi connectivity index (χ0n) is 12.0. The van der Waals surface area contributed by atoms with Crippen LogP contribution in [0.25, 0.3) is 0 Å². The van der Waals surface area contributed by atoms with Gasteiger partial charge >= 0.3 is 0 Å². The van der Waals surface area contributed by atoms with Gasteiger partial charge in [-0.25, -0.2) is 5.43 Å². The van der Waals surface area contributed by atoms with Gasteiger partial charge in [0.1, 0.15) is 5.75 Å². The van der Waals surface area contributed by atoms with Gasteiger partial charge in [0.25, 0.3) is 5.91 Å². The van der Waals surface area contributed by atoms with E-state index in [1.807, 2.05) is 6.07 Å². The fraction of sp³-hybridized carbons (Fsp3) is 0.125. The Balaban J connectivity index is 1.83. The second-order valence-electron chi connectivity index (χ2n) is 4.33. The van der Waals surface area contributed by atoms with Crippen molar-refractivity contribution in [3.63, 3.8) is 0 Å². The summed E-state index contributed by atoms with van der Waals surface area (Å²) in [6.07, 6.45) is 1.43. The lowest BCUT2D eigenvalue weighted by atomic mass is 10.2. The molecule has 0 aromatic heterocycles. The third kappa shape index (κ3) is 4.52. The maximum absolute atomic E-state index is 11.6. The minimum absolute atomic E-state index is 0.134. The van der Waals surface area contributed by atoms with Crippen LogP contribution in [0.3, 0.4) is 0 Å². The molecule has 22 heavy (non-hydrogen) atoms. The number of hydrogen-bond acceptors (Lipinski definition) is 5. The molecule has 2 N–H and O–H groups in total. The Kier molecular flexibility index (Phi) is 5.37. The Bertz CT molecular complexity index is 671. The first-order chi connectivity index (χ1) is 10.7. The second kappa shape index (κ2) is 7.68. The van der Waals surface area contributed by atoms with E-state index >= 15 is 0 Å². The van der Waals surface area contributed by atoms with E-state index in [2.05, 4.69) is 10.5 Å². The molecule has 0 spiro atoms. The molecule has 2 aromatic rings. The van der Waals surface area contributed by atoms with Gasteiger partial charge in [0.15, 0.2) is 18.1 Å². The van der Waals surface area contributed by atoms with Gasteiger partial charge in [-0.3, -0.25) is 4.79 Å². The number of aromatic hydroxyl groups is 1. The average Bonchev–Trinajstić information content (AvgIpc) is 2.53. The van der Waals surface area contributed by atoms with Crippen LogP contribution in [0.5, 0.6) is 17.2 Å². The average molecular weight is 300 g/mol. The smallest absolute Gasteiger partial charge is 0.277 e. The molecule has 0 unspecified atom stereocenters. The first-order valence-corrected chi connectivity index (χ1v) is 6.56. The summed E-state index contributed by atoms with van der Waals surface area (Å²) in [5.41, 5.74) is 3.01. The zero-order chi connectivity index (χ0) is 15.8. The Morgan fingerprint density at radius 1 is 1.23 bits per heavy atom. The number of hydrogen-bond donors (Lipinski definition) is 2. The maximum Gasteiger partial charge on any atom is 0.277 e. The van der Waals surface area contributed by atoms with Crippen LogP contribution in [0.4, 0.5) is 0 Å². The van der Waals surface area contributed by atoms with Crippen LogP contribution >= 0.6 is 0 Å². The molecule has 0 heterocycles. The number of phenols is 1. The third-order valence-electron chi connectivity index (χ3n) is 2.70. The number of para-hydroxylation sites is 2. The van der Waals surface area contributed by atoms with Gasteiger partial charge in [0, 0.05) is 0 Å². The van der Waals surface area contributed by atoms with Crippen LogP contribution in [0.1, 0.15) is 5.56 Å². The number of benzene rings is 2. The lowest BCUT2D eigenvalue weighted by Crippen LogP contribution is -2.24. The van der Waals surface area contributed by atoms with Crippen molar-refractivity contribution in [1.29, 1.82) is 0 Å². The Morgan fingerprint density at radius 2 is 2.00 bits per heavy atom. The van der Waals surface area contributed by atoms with Crippen molar-refractivity contribution in [3.8, 4) is 17.2 Å². The van der Waals surface area contributed by atoms with E-state index < -0.39 is 5.91 Å². The van der Waals surface area contributed by atoms with Crippen molar-refractivity contribution in [2.45, 2.75) is 0 Å². The third-order valence-corrected chi connectivity index (χ3v) is 2.70. The minimum Gasteiger partial charge on any atom is -0.508 e. The fourth-order valence-corrected chi connectivity index (χ4v) is 1.70. The summed E-state index contributed by atoms with van der Waals surface area (Å²) in [6, 6.07) is 13.6. The van der Waals surface area contributed by atoms with E-state index in [0.717, 1.165) is 0 Å². The summed E-state index contributed by atoms with van der Waals surface area (Å²) in [5, 5.41) is 13.1. The lowest BCUT2D eigenvalue weighted by molar-refractivity contribution is -0.123. The zero-order valence-corrected chi connectivity index (χ0v) is 12.0. The number of carbonyl (C=O) groups excluding carboxylic acids is 1. The molecule has 0 aliphatic heterocycles. The van der Waals surface area contributed by atoms with Gasteiger partial charge in [0.2, 0.25) is 0 Å².